The fourth-order valence-corrected chi connectivity index (χ4v) is 2.04. The summed E-state index contributed by atoms with van der Waals surface area (Å²) in [5, 5.41) is 12.3. The average molecular weight is 233 g/mol. The number of hydrogen-bond acceptors (Lipinski definition) is 2. The number of hydrogen-bond donors (Lipinski definition) is 2. The van der Waals surface area contributed by atoms with E-state index in [4.69, 9.17) is 0 Å². The molecule has 17 heavy (non-hydrogen) atoms. The lowest BCUT2D eigenvalue weighted by Gasteiger charge is -2.07. The van der Waals surface area contributed by atoms with Crippen LogP contribution in [-0.4, -0.2) is 17.6 Å². The number of carbonyl (C=O) groups excluding carboxylic acids is 1. The first-order valence-corrected chi connectivity index (χ1v) is 5.98. The minimum Gasteiger partial charge on any atom is -0.508 e. The van der Waals surface area contributed by atoms with Gasteiger partial charge in [0.25, 0.3) is 5.91 Å². The molecule has 1 aromatic rings. The third-order valence-corrected chi connectivity index (χ3v) is 3.69. The van der Waals surface area contributed by atoms with Gasteiger partial charge in [0, 0.05) is 12.1 Å². The second-order valence-electron chi connectivity index (χ2n) is 5.60. The van der Waals surface area contributed by atoms with E-state index < -0.39 is 0 Å². The molecule has 0 aromatic heterocycles. The van der Waals surface area contributed by atoms with Gasteiger partial charge in [0.2, 0.25) is 0 Å². The second-order valence-corrected chi connectivity index (χ2v) is 5.60. The quantitative estimate of drug-likeness (QED) is 0.842. The van der Waals surface area contributed by atoms with E-state index >= 15 is 0 Å². The van der Waals surface area contributed by atoms with Gasteiger partial charge in [-0.25, -0.2) is 0 Å². The molecule has 1 saturated carbocycles. The van der Waals surface area contributed by atoms with Gasteiger partial charge in [-0.1, -0.05) is 13.8 Å². The monoisotopic (exact) mass is 233 g/mol. The highest BCUT2D eigenvalue weighted by atomic mass is 16.3. The number of phenolic OH excluding ortho intramolecular Hbond substituents is 1. The molecule has 1 aliphatic rings. The first kappa shape index (κ1) is 12.0. The molecule has 0 aliphatic heterocycles. The summed E-state index contributed by atoms with van der Waals surface area (Å²) in [6.07, 6.45) is 1.18. The summed E-state index contributed by atoms with van der Waals surface area (Å²) < 4.78 is 0. The Bertz CT molecular complexity index is 452. The third kappa shape index (κ3) is 2.60. The Labute approximate surface area is 102 Å². The number of nitrogens with one attached hydrogen (secondary N) is 1. The van der Waals surface area contributed by atoms with Crippen LogP contribution in [0, 0.1) is 18.3 Å². The SMILES string of the molecule is Cc1cc(C(=O)NCC2CC2(C)C)ccc1O. The maximum absolute atomic E-state index is 11.9. The first-order chi connectivity index (χ1) is 7.90. The predicted molar refractivity (Wildman–Crippen MR) is 67.1 cm³/mol. The van der Waals surface area contributed by atoms with E-state index in [2.05, 4.69) is 19.2 Å². The lowest BCUT2D eigenvalue weighted by molar-refractivity contribution is 0.0950. The Morgan fingerprint density at radius 3 is 2.71 bits per heavy atom. The maximum Gasteiger partial charge on any atom is 0.251 e. The molecular formula is C14H19NO2. The van der Waals surface area contributed by atoms with Crippen LogP contribution in [0.15, 0.2) is 18.2 Å². The van der Waals surface area contributed by atoms with Crippen molar-refractivity contribution in [2.24, 2.45) is 11.3 Å². The van der Waals surface area contributed by atoms with Crippen LogP contribution in [0.1, 0.15) is 36.2 Å². The highest BCUT2D eigenvalue weighted by molar-refractivity contribution is 5.94. The number of aromatic hydroxyl groups is 1. The van der Waals surface area contributed by atoms with Gasteiger partial charge in [-0.2, -0.15) is 0 Å². The number of carbonyl (C=O) groups is 1. The molecule has 0 saturated heterocycles. The molecule has 1 atom stereocenters. The van der Waals surface area contributed by atoms with E-state index in [1.54, 1.807) is 25.1 Å². The number of rotatable bonds is 3. The van der Waals surface area contributed by atoms with Gasteiger partial charge < -0.3 is 10.4 Å². The molecule has 1 aromatic carbocycles. The summed E-state index contributed by atoms with van der Waals surface area (Å²) in [5.41, 5.74) is 1.72. The molecule has 2 rings (SSSR count). The van der Waals surface area contributed by atoms with E-state index in [9.17, 15) is 9.90 Å². The zero-order valence-electron chi connectivity index (χ0n) is 10.6. The molecular weight excluding hydrogens is 214 g/mol. The van der Waals surface area contributed by atoms with Crippen LogP contribution in [0.5, 0.6) is 5.75 Å². The number of phenols is 1. The standard InChI is InChI=1S/C14H19NO2/c1-9-6-10(4-5-12(9)16)13(17)15-8-11-7-14(11,2)3/h4-6,11,16H,7-8H2,1-3H3,(H,15,17). The van der Waals surface area contributed by atoms with Crippen LogP contribution < -0.4 is 5.32 Å². The van der Waals surface area contributed by atoms with Gasteiger partial charge in [-0.3, -0.25) is 4.79 Å². The van der Waals surface area contributed by atoms with Gasteiger partial charge in [0.05, 0.1) is 0 Å². The van der Waals surface area contributed by atoms with Crippen LogP contribution in [0.3, 0.4) is 0 Å². The Hall–Kier alpha value is -1.51. The molecule has 2 N–H and O–H groups in total. The van der Waals surface area contributed by atoms with Crippen molar-refractivity contribution < 1.29 is 9.90 Å². The van der Waals surface area contributed by atoms with Crippen LogP contribution in [0.4, 0.5) is 0 Å². The molecule has 1 amide bonds. The van der Waals surface area contributed by atoms with Crippen molar-refractivity contribution in [3.8, 4) is 5.75 Å². The number of amides is 1. The zero-order chi connectivity index (χ0) is 12.6. The molecule has 1 fully saturated rings. The van der Waals surface area contributed by atoms with Crippen LogP contribution in [0.25, 0.3) is 0 Å². The zero-order valence-corrected chi connectivity index (χ0v) is 10.6. The second kappa shape index (κ2) is 4.06. The van der Waals surface area contributed by atoms with Crippen LogP contribution >= 0.6 is 0 Å². The molecule has 0 radical (unpaired) electrons. The minimum atomic E-state index is -0.0594. The van der Waals surface area contributed by atoms with Gasteiger partial charge >= 0.3 is 0 Å². The van der Waals surface area contributed by atoms with Crippen molar-refractivity contribution in [1.29, 1.82) is 0 Å². The Morgan fingerprint density at radius 1 is 1.53 bits per heavy atom. The molecule has 3 heteroatoms. The van der Waals surface area contributed by atoms with E-state index in [-0.39, 0.29) is 11.7 Å². The van der Waals surface area contributed by atoms with Crippen molar-refractivity contribution >= 4 is 5.91 Å². The largest absolute Gasteiger partial charge is 0.508 e. The summed E-state index contributed by atoms with van der Waals surface area (Å²) in [6.45, 7) is 6.96. The summed E-state index contributed by atoms with van der Waals surface area (Å²) >= 11 is 0. The smallest absolute Gasteiger partial charge is 0.251 e. The Morgan fingerprint density at radius 2 is 2.18 bits per heavy atom. The highest BCUT2D eigenvalue weighted by Crippen LogP contribution is 2.50. The van der Waals surface area contributed by atoms with Crippen molar-refractivity contribution in [1.82, 2.24) is 5.32 Å². The predicted octanol–water partition coefficient (Wildman–Crippen LogP) is 2.48. The molecule has 1 unspecified atom stereocenters. The fourth-order valence-electron chi connectivity index (χ4n) is 2.04. The van der Waals surface area contributed by atoms with E-state index in [1.807, 2.05) is 0 Å². The number of aryl methyl sites for hydroxylation is 1. The summed E-state index contributed by atoms with van der Waals surface area (Å²) in [4.78, 5) is 11.9. The van der Waals surface area contributed by atoms with Crippen molar-refractivity contribution in [2.75, 3.05) is 6.54 Å². The van der Waals surface area contributed by atoms with Gasteiger partial charge in [-0.15, -0.1) is 0 Å². The van der Waals surface area contributed by atoms with Gasteiger partial charge in [0.15, 0.2) is 0 Å². The Balaban J connectivity index is 1.93. The lowest BCUT2D eigenvalue weighted by Crippen LogP contribution is -2.26. The average Bonchev–Trinajstić information content (AvgIpc) is 2.87. The van der Waals surface area contributed by atoms with Crippen molar-refractivity contribution in [3.63, 3.8) is 0 Å². The molecule has 3 nitrogen and oxygen atoms in total. The van der Waals surface area contributed by atoms with E-state index in [1.165, 1.54) is 6.42 Å². The summed E-state index contributed by atoms with van der Waals surface area (Å²) in [6, 6.07) is 4.92. The summed E-state index contributed by atoms with van der Waals surface area (Å²) in [5.74, 6) is 0.769. The number of benzene rings is 1. The molecule has 0 heterocycles. The van der Waals surface area contributed by atoms with E-state index in [0.717, 1.165) is 12.1 Å². The summed E-state index contributed by atoms with van der Waals surface area (Å²) in [7, 11) is 0. The molecule has 0 spiro atoms. The Kier molecular flexibility index (Phi) is 2.86. The molecule has 1 aliphatic carbocycles. The van der Waals surface area contributed by atoms with Crippen LogP contribution in [-0.2, 0) is 0 Å². The van der Waals surface area contributed by atoms with E-state index in [0.29, 0.717) is 16.9 Å². The lowest BCUT2D eigenvalue weighted by atomic mass is 10.1. The normalized spacial score (nSPS) is 21.0. The topological polar surface area (TPSA) is 49.3 Å². The van der Waals surface area contributed by atoms with Crippen molar-refractivity contribution in [2.45, 2.75) is 27.2 Å². The highest BCUT2D eigenvalue weighted by Gasteiger charge is 2.45. The third-order valence-electron chi connectivity index (χ3n) is 3.69. The molecule has 92 valence electrons. The minimum absolute atomic E-state index is 0.0594. The molecule has 0 bridgehead atoms. The van der Waals surface area contributed by atoms with Crippen LogP contribution in [0.2, 0.25) is 0 Å². The first-order valence-electron chi connectivity index (χ1n) is 5.98. The fraction of sp³-hybridized carbons (Fsp3) is 0.500. The van der Waals surface area contributed by atoms with Crippen molar-refractivity contribution in [3.05, 3.63) is 29.3 Å². The van der Waals surface area contributed by atoms with Gasteiger partial charge in [-0.05, 0) is 48.4 Å². The maximum atomic E-state index is 11.9. The van der Waals surface area contributed by atoms with Gasteiger partial charge in [0.1, 0.15) is 5.75 Å².